The topological polar surface area (TPSA) is 129 Å². The fraction of sp³-hybridized carbons (Fsp3) is 0.250. The summed E-state index contributed by atoms with van der Waals surface area (Å²) in [6, 6.07) is 27.2. The molecule has 0 unspecified atom stereocenters. The van der Waals surface area contributed by atoms with Crippen molar-refractivity contribution in [2.24, 2.45) is 0 Å². The average Bonchev–Trinajstić information content (AvgIpc) is 3.91. The van der Waals surface area contributed by atoms with Gasteiger partial charge in [0.05, 0.1) is 34.6 Å². The number of benzene rings is 4. The Morgan fingerprint density at radius 1 is 0.709 bits per heavy atom. The number of carbonyl (C=O) groups excluding carboxylic acids is 1. The number of carbonyl (C=O) groups is 1. The Morgan fingerprint density at radius 2 is 1.27 bits per heavy atom. The summed E-state index contributed by atoms with van der Waals surface area (Å²) in [5.41, 5.74) is 12.7. The van der Waals surface area contributed by atoms with Gasteiger partial charge < -0.3 is 5.11 Å². The van der Waals surface area contributed by atoms with Gasteiger partial charge in [-0.15, -0.1) is 15.3 Å². The number of aromatic nitrogens is 9. The molecule has 7 aromatic rings. The van der Waals surface area contributed by atoms with Crippen LogP contribution in [-0.2, 0) is 5.60 Å². The van der Waals surface area contributed by atoms with Gasteiger partial charge in [0.2, 0.25) is 0 Å². The molecular weight excluding hydrogens is 687 g/mol. The quantitative estimate of drug-likeness (QED) is 0.154. The average molecular weight is 730 g/mol. The van der Waals surface area contributed by atoms with Crippen LogP contribution in [0.2, 0.25) is 0 Å². The van der Waals surface area contributed by atoms with Gasteiger partial charge in [-0.05, 0) is 96.3 Å². The number of fused-ring (bicyclic) bond motifs is 5. The summed E-state index contributed by atoms with van der Waals surface area (Å²) in [4.78, 5) is 12.4. The first-order valence-electron chi connectivity index (χ1n) is 18.6. The highest BCUT2D eigenvalue weighted by Crippen LogP contribution is 2.43. The van der Waals surface area contributed by atoms with Gasteiger partial charge in [0, 0.05) is 18.1 Å². The second kappa shape index (κ2) is 13.5. The summed E-state index contributed by atoms with van der Waals surface area (Å²) in [7, 11) is 0. The number of hydrogen-bond donors (Lipinski definition) is 1. The summed E-state index contributed by atoms with van der Waals surface area (Å²) < 4.78 is 5.36. The minimum absolute atomic E-state index is 0.110. The molecule has 55 heavy (non-hydrogen) atoms. The zero-order valence-corrected chi connectivity index (χ0v) is 32.3. The molecule has 0 spiro atoms. The first kappa shape index (κ1) is 35.7. The number of nitrogens with zero attached hydrogens (tertiary/aromatic N) is 9. The second-order valence-corrected chi connectivity index (χ2v) is 15.3. The molecule has 0 saturated carbocycles. The predicted octanol–water partition coefficient (Wildman–Crippen LogP) is 8.90. The molecule has 276 valence electrons. The Bertz CT molecular complexity index is 2620. The van der Waals surface area contributed by atoms with Crippen molar-refractivity contribution in [2.45, 2.75) is 72.8 Å². The lowest BCUT2D eigenvalue weighted by molar-refractivity contribution is 0.0711. The van der Waals surface area contributed by atoms with Crippen molar-refractivity contribution in [3.05, 3.63) is 124 Å². The van der Waals surface area contributed by atoms with E-state index in [0.29, 0.717) is 28.5 Å². The van der Waals surface area contributed by atoms with Gasteiger partial charge in [-0.25, -0.2) is 14.0 Å². The molecule has 0 bridgehead atoms. The number of aliphatic hydroxyl groups is 1. The van der Waals surface area contributed by atoms with Crippen LogP contribution in [0.3, 0.4) is 0 Å². The lowest BCUT2D eigenvalue weighted by Gasteiger charge is -2.24. The second-order valence-electron chi connectivity index (χ2n) is 15.3. The monoisotopic (exact) mass is 729 g/mol. The van der Waals surface area contributed by atoms with E-state index in [4.69, 9.17) is 10.3 Å². The molecule has 8 rings (SSSR count). The van der Waals surface area contributed by atoms with Gasteiger partial charge >= 0.3 is 0 Å². The molecule has 0 amide bonds. The van der Waals surface area contributed by atoms with Crippen molar-refractivity contribution in [3.63, 3.8) is 0 Å². The fourth-order valence-corrected chi connectivity index (χ4v) is 7.48. The van der Waals surface area contributed by atoms with Crippen LogP contribution in [0.1, 0.15) is 104 Å². The lowest BCUT2D eigenvalue weighted by atomic mass is 9.87. The zero-order valence-electron chi connectivity index (χ0n) is 32.3. The Hall–Kier alpha value is -6.33. The van der Waals surface area contributed by atoms with E-state index in [-0.39, 0.29) is 17.6 Å². The lowest BCUT2D eigenvalue weighted by Crippen LogP contribution is -2.20. The summed E-state index contributed by atoms with van der Waals surface area (Å²) in [5, 5.41) is 38.1. The van der Waals surface area contributed by atoms with E-state index < -0.39 is 5.60 Å². The Labute approximate surface area is 320 Å². The Kier molecular flexibility index (Phi) is 8.77. The third-order valence-corrected chi connectivity index (χ3v) is 10.3. The van der Waals surface area contributed by atoms with E-state index in [0.717, 1.165) is 61.6 Å². The third-order valence-electron chi connectivity index (χ3n) is 10.3. The third kappa shape index (κ3) is 6.20. The highest BCUT2D eigenvalue weighted by atomic mass is 16.3. The highest BCUT2D eigenvalue weighted by Gasteiger charge is 2.28. The van der Waals surface area contributed by atoms with E-state index in [2.05, 4.69) is 115 Å². The van der Waals surface area contributed by atoms with Crippen LogP contribution in [0.15, 0.2) is 85.1 Å². The Balaban J connectivity index is 1.39. The maximum atomic E-state index is 12.4. The zero-order chi connectivity index (χ0) is 38.8. The minimum atomic E-state index is -1.22. The van der Waals surface area contributed by atoms with Crippen LogP contribution in [0.25, 0.3) is 62.9 Å². The van der Waals surface area contributed by atoms with Gasteiger partial charge in [0.15, 0.2) is 11.5 Å². The van der Waals surface area contributed by atoms with Crippen molar-refractivity contribution in [1.82, 2.24) is 45.0 Å². The smallest absolute Gasteiger partial charge is 0.181 e. The number of Topliss-reactive ketones (excluding diaryl/α,β-unsaturated/α-hetero) is 1. The summed E-state index contributed by atoms with van der Waals surface area (Å²) in [5.74, 6) is 0.0562. The fourth-order valence-electron chi connectivity index (χ4n) is 7.48. The normalized spacial score (nSPS) is 13.0. The van der Waals surface area contributed by atoms with Crippen molar-refractivity contribution in [1.29, 1.82) is 0 Å². The summed E-state index contributed by atoms with van der Waals surface area (Å²) >= 11 is 0. The molecule has 0 fully saturated rings. The molecule has 4 aromatic carbocycles. The summed E-state index contributed by atoms with van der Waals surface area (Å²) in [6.07, 6.45) is 5.89. The van der Waals surface area contributed by atoms with Crippen LogP contribution >= 0.6 is 0 Å². The van der Waals surface area contributed by atoms with Crippen molar-refractivity contribution < 1.29 is 9.90 Å². The van der Waals surface area contributed by atoms with Gasteiger partial charge in [-0.2, -0.15) is 0 Å². The molecule has 0 aliphatic heterocycles. The molecule has 1 aliphatic rings. The predicted molar refractivity (Wildman–Crippen MR) is 215 cm³/mol. The molecule has 1 N–H and O–H groups in total. The van der Waals surface area contributed by atoms with Gasteiger partial charge in [0.25, 0.3) is 0 Å². The van der Waals surface area contributed by atoms with Crippen molar-refractivity contribution in [3.8, 4) is 50.7 Å². The number of ketones is 1. The maximum Gasteiger partial charge on any atom is 0.181 e. The minimum Gasteiger partial charge on any atom is -0.384 e. The molecule has 0 radical (unpaired) electrons. The molecule has 3 aromatic heterocycles. The SMILES string of the molecule is CC(=O)c1nnn(-c2cc(-c3cc(C(C)C)c(-n4nnc5c4-c4ccccc4/C=C\c4ccccc4-5)c(C(C)C)c3)cc(-n3nncc3C(C)(C)O)c2)c1C. The molecule has 0 saturated heterocycles. The summed E-state index contributed by atoms with van der Waals surface area (Å²) in [6.45, 7) is 15.5. The molecule has 11 heteroatoms. The molecule has 1 aliphatic carbocycles. The first-order chi connectivity index (χ1) is 26.3. The highest BCUT2D eigenvalue weighted by molar-refractivity contribution is 5.94. The van der Waals surface area contributed by atoms with Crippen LogP contribution in [-0.4, -0.2) is 55.9 Å². The molecular formula is C44H43N9O2. The van der Waals surface area contributed by atoms with E-state index in [1.807, 2.05) is 35.9 Å². The van der Waals surface area contributed by atoms with Crippen molar-refractivity contribution >= 4 is 17.9 Å². The van der Waals surface area contributed by atoms with Crippen LogP contribution in [0.5, 0.6) is 0 Å². The maximum absolute atomic E-state index is 12.4. The molecule has 3 heterocycles. The largest absolute Gasteiger partial charge is 0.384 e. The van der Waals surface area contributed by atoms with E-state index in [9.17, 15) is 9.90 Å². The Morgan fingerprint density at radius 3 is 1.87 bits per heavy atom. The standard InChI is InChI=1S/C44H43N9O2/c1-25(2)37-21-32(31-19-33(51-27(5)40(28(6)54)46-49-51)23-34(20-31)52-39(24-45-48-52)44(7,8)55)22-38(26(3)4)42(37)53-43-36-16-12-10-14-30(36)18-17-29-13-9-11-15-35(29)41(43)47-50-53/h9-26,55H,1-8H3/b18-17-,29-17?,30-18?,41-35?,43-36?. The van der Waals surface area contributed by atoms with Crippen LogP contribution < -0.4 is 0 Å². The van der Waals surface area contributed by atoms with Crippen LogP contribution in [0, 0.1) is 6.92 Å². The number of rotatable bonds is 8. The number of hydrogen-bond acceptors (Lipinski definition) is 8. The van der Waals surface area contributed by atoms with E-state index in [1.165, 1.54) is 6.92 Å². The van der Waals surface area contributed by atoms with Gasteiger partial charge in [-0.1, -0.05) is 104 Å². The van der Waals surface area contributed by atoms with E-state index >= 15 is 0 Å². The molecule has 11 nitrogen and oxygen atoms in total. The molecule has 0 atom stereocenters. The van der Waals surface area contributed by atoms with Crippen molar-refractivity contribution in [2.75, 3.05) is 0 Å². The van der Waals surface area contributed by atoms with E-state index in [1.54, 1.807) is 29.4 Å². The van der Waals surface area contributed by atoms with Gasteiger partial charge in [-0.3, -0.25) is 4.79 Å². The van der Waals surface area contributed by atoms with Gasteiger partial charge in [0.1, 0.15) is 17.0 Å². The first-order valence-corrected chi connectivity index (χ1v) is 18.6. The van der Waals surface area contributed by atoms with Crippen LogP contribution in [0.4, 0.5) is 0 Å².